The second kappa shape index (κ2) is 11.2. The third-order valence-electron chi connectivity index (χ3n) is 4.25. The molecule has 6 nitrogen and oxygen atoms in total. The van der Waals surface area contributed by atoms with Crippen molar-refractivity contribution in [3.05, 3.63) is 103 Å². The van der Waals surface area contributed by atoms with Crippen molar-refractivity contribution < 1.29 is 27.7 Å². The smallest absolute Gasteiger partial charge is 0.466 e. The lowest BCUT2D eigenvalue weighted by Gasteiger charge is -2.21. The molecule has 0 radical (unpaired) electrons. The van der Waals surface area contributed by atoms with E-state index in [2.05, 4.69) is 0 Å². The highest BCUT2D eigenvalue weighted by molar-refractivity contribution is 7.49. The summed E-state index contributed by atoms with van der Waals surface area (Å²) in [6, 6.07) is 26.2. The van der Waals surface area contributed by atoms with Gasteiger partial charge in [0.1, 0.15) is 17.3 Å². The maximum Gasteiger partial charge on any atom is 0.647 e. The highest BCUT2D eigenvalue weighted by atomic mass is 31.2. The van der Waals surface area contributed by atoms with Crippen LogP contribution in [0.15, 0.2) is 97.1 Å². The number of rotatable bonds is 10. The van der Waals surface area contributed by atoms with Crippen molar-refractivity contribution in [2.24, 2.45) is 5.92 Å². The van der Waals surface area contributed by atoms with Gasteiger partial charge in [0.2, 0.25) is 0 Å². The van der Waals surface area contributed by atoms with Gasteiger partial charge in [-0.1, -0.05) is 66.7 Å². The zero-order valence-electron chi connectivity index (χ0n) is 17.9. The van der Waals surface area contributed by atoms with E-state index in [1.807, 2.05) is 30.3 Å². The van der Waals surface area contributed by atoms with Crippen LogP contribution in [-0.2, 0) is 18.6 Å². The molecular formula is C25H25O6P. The van der Waals surface area contributed by atoms with E-state index in [0.717, 1.165) is 0 Å². The molecule has 0 saturated heterocycles. The standard InChI is InChI=1S/C25H25O6P/c1-3-28-25(26)20(2)19-24(21-13-7-4-8-14-21)31-32(27,29-22-15-9-5-10-16-22)30-23-17-11-6-12-18-23/h4-20H,3H2,1-2H3/b24-19-. The van der Waals surface area contributed by atoms with Crippen LogP contribution in [0.1, 0.15) is 19.4 Å². The molecule has 0 heterocycles. The van der Waals surface area contributed by atoms with Crippen LogP contribution in [0.5, 0.6) is 11.5 Å². The molecule has 0 aliphatic heterocycles. The molecular weight excluding hydrogens is 427 g/mol. The van der Waals surface area contributed by atoms with Crippen molar-refractivity contribution in [2.75, 3.05) is 6.61 Å². The first-order valence-electron chi connectivity index (χ1n) is 10.2. The van der Waals surface area contributed by atoms with Gasteiger partial charge in [0.15, 0.2) is 0 Å². The zero-order valence-corrected chi connectivity index (χ0v) is 18.8. The first kappa shape index (κ1) is 23.2. The van der Waals surface area contributed by atoms with Gasteiger partial charge in [-0.2, -0.15) is 4.57 Å². The Balaban J connectivity index is 1.98. The second-order valence-corrected chi connectivity index (χ2v) is 8.23. The summed E-state index contributed by atoms with van der Waals surface area (Å²) in [6.07, 6.45) is 1.54. The van der Waals surface area contributed by atoms with Crippen molar-refractivity contribution in [2.45, 2.75) is 13.8 Å². The molecule has 1 atom stereocenters. The fourth-order valence-electron chi connectivity index (χ4n) is 2.75. The summed E-state index contributed by atoms with van der Waals surface area (Å²) in [6.45, 7) is 3.66. The summed E-state index contributed by atoms with van der Waals surface area (Å²) < 4.78 is 36.2. The number of phosphoric ester groups is 1. The van der Waals surface area contributed by atoms with Gasteiger partial charge in [-0.3, -0.25) is 4.79 Å². The predicted molar refractivity (Wildman–Crippen MR) is 123 cm³/mol. The molecule has 166 valence electrons. The fraction of sp³-hybridized carbons (Fsp3) is 0.160. The Labute approximate surface area is 188 Å². The van der Waals surface area contributed by atoms with Gasteiger partial charge in [-0.15, -0.1) is 0 Å². The van der Waals surface area contributed by atoms with Crippen LogP contribution in [0, 0.1) is 5.92 Å². The van der Waals surface area contributed by atoms with Crippen molar-refractivity contribution >= 4 is 19.6 Å². The quantitative estimate of drug-likeness (QED) is 0.198. The number of hydrogen-bond donors (Lipinski definition) is 0. The molecule has 0 N–H and O–H groups in total. The molecule has 0 bridgehead atoms. The van der Waals surface area contributed by atoms with Crippen LogP contribution >= 0.6 is 7.82 Å². The lowest BCUT2D eigenvalue weighted by Crippen LogP contribution is -2.14. The minimum Gasteiger partial charge on any atom is -0.466 e. The molecule has 0 fully saturated rings. The minimum absolute atomic E-state index is 0.182. The van der Waals surface area contributed by atoms with Crippen molar-refractivity contribution in [1.29, 1.82) is 0 Å². The third-order valence-corrected chi connectivity index (χ3v) is 5.54. The highest BCUT2D eigenvalue weighted by Gasteiger charge is 2.34. The van der Waals surface area contributed by atoms with Gasteiger partial charge in [0.25, 0.3) is 0 Å². The lowest BCUT2D eigenvalue weighted by atomic mass is 10.1. The minimum atomic E-state index is -4.21. The largest absolute Gasteiger partial charge is 0.647 e. The van der Waals surface area contributed by atoms with E-state index in [4.69, 9.17) is 18.3 Å². The maximum absolute atomic E-state index is 13.8. The molecule has 3 aromatic carbocycles. The zero-order chi connectivity index (χ0) is 22.8. The number of para-hydroxylation sites is 2. The summed E-state index contributed by atoms with van der Waals surface area (Å²) in [7, 11) is -4.21. The van der Waals surface area contributed by atoms with Gasteiger partial charge in [0.05, 0.1) is 12.5 Å². The summed E-state index contributed by atoms with van der Waals surface area (Å²) in [5.41, 5.74) is 0.609. The van der Waals surface area contributed by atoms with Crippen LogP contribution in [0.4, 0.5) is 0 Å². The van der Waals surface area contributed by atoms with E-state index < -0.39 is 19.7 Å². The van der Waals surface area contributed by atoms with Gasteiger partial charge in [0, 0.05) is 5.56 Å². The number of esters is 1. The molecule has 0 spiro atoms. The molecule has 7 heteroatoms. The molecule has 0 aliphatic carbocycles. The van der Waals surface area contributed by atoms with Gasteiger partial charge in [-0.25, -0.2) is 0 Å². The average molecular weight is 452 g/mol. The van der Waals surface area contributed by atoms with E-state index in [9.17, 15) is 9.36 Å². The van der Waals surface area contributed by atoms with E-state index in [1.165, 1.54) is 0 Å². The lowest BCUT2D eigenvalue weighted by molar-refractivity contribution is -0.145. The Morgan fingerprint density at radius 3 is 1.78 bits per heavy atom. The van der Waals surface area contributed by atoms with E-state index in [1.54, 1.807) is 80.6 Å². The molecule has 0 aromatic heterocycles. The van der Waals surface area contributed by atoms with Gasteiger partial charge >= 0.3 is 13.8 Å². The number of hydrogen-bond acceptors (Lipinski definition) is 6. The monoisotopic (exact) mass is 452 g/mol. The Morgan fingerprint density at radius 1 is 0.844 bits per heavy atom. The molecule has 1 unspecified atom stereocenters. The third kappa shape index (κ3) is 6.76. The first-order valence-corrected chi connectivity index (χ1v) is 11.7. The van der Waals surface area contributed by atoms with Crippen LogP contribution < -0.4 is 9.05 Å². The number of phosphoric acid groups is 1. The summed E-state index contributed by atoms with van der Waals surface area (Å²) >= 11 is 0. The number of carbonyl (C=O) groups excluding carboxylic acids is 1. The molecule has 0 saturated carbocycles. The molecule has 0 amide bonds. The molecule has 3 rings (SSSR count). The van der Waals surface area contributed by atoms with Crippen molar-refractivity contribution in [3.8, 4) is 11.5 Å². The number of carbonyl (C=O) groups is 1. The van der Waals surface area contributed by atoms with Crippen LogP contribution in [0.2, 0.25) is 0 Å². The fourth-order valence-corrected chi connectivity index (χ4v) is 4.03. The summed E-state index contributed by atoms with van der Waals surface area (Å²) in [5.74, 6) is -0.254. The Morgan fingerprint density at radius 2 is 1.31 bits per heavy atom. The van der Waals surface area contributed by atoms with Crippen LogP contribution in [0.3, 0.4) is 0 Å². The topological polar surface area (TPSA) is 71.1 Å². The van der Waals surface area contributed by atoms with Crippen LogP contribution in [0.25, 0.3) is 5.76 Å². The van der Waals surface area contributed by atoms with Gasteiger partial charge in [-0.05, 0) is 44.2 Å². The first-order chi connectivity index (χ1) is 15.5. The van der Waals surface area contributed by atoms with Crippen LogP contribution in [-0.4, -0.2) is 12.6 Å². The SMILES string of the molecule is CCOC(=O)C(C)/C=C(\OP(=O)(Oc1ccccc1)Oc1ccccc1)c1ccccc1. The normalized spacial score (nSPS) is 12.5. The highest BCUT2D eigenvalue weighted by Crippen LogP contribution is 2.52. The van der Waals surface area contributed by atoms with E-state index in [0.29, 0.717) is 17.1 Å². The Bertz CT molecular complexity index is 1020. The molecule has 32 heavy (non-hydrogen) atoms. The van der Waals surface area contributed by atoms with Crippen molar-refractivity contribution in [3.63, 3.8) is 0 Å². The van der Waals surface area contributed by atoms with E-state index in [-0.39, 0.29) is 12.4 Å². The summed E-state index contributed by atoms with van der Waals surface area (Å²) in [4.78, 5) is 12.2. The number of ether oxygens (including phenoxy) is 1. The number of benzene rings is 3. The Kier molecular flexibility index (Phi) is 8.12. The van der Waals surface area contributed by atoms with E-state index >= 15 is 0 Å². The Hall–Kier alpha value is -3.50. The van der Waals surface area contributed by atoms with Crippen molar-refractivity contribution in [1.82, 2.24) is 0 Å². The predicted octanol–water partition coefficient (Wildman–Crippen LogP) is 6.51. The average Bonchev–Trinajstić information content (AvgIpc) is 2.80. The van der Waals surface area contributed by atoms with Gasteiger partial charge < -0.3 is 18.3 Å². The maximum atomic E-state index is 13.8. The summed E-state index contributed by atoms with van der Waals surface area (Å²) in [5, 5.41) is 0. The molecule has 0 aliphatic rings. The second-order valence-electron chi connectivity index (χ2n) is 6.78. The molecule has 3 aromatic rings.